The van der Waals surface area contributed by atoms with E-state index in [1.165, 1.54) is 25.3 Å². The molecule has 0 fully saturated rings. The Labute approximate surface area is 80.1 Å². The van der Waals surface area contributed by atoms with E-state index in [2.05, 4.69) is 0 Å². The van der Waals surface area contributed by atoms with Crippen molar-refractivity contribution in [2.24, 2.45) is 5.73 Å². The van der Waals surface area contributed by atoms with Gasteiger partial charge in [-0.15, -0.1) is 0 Å². The van der Waals surface area contributed by atoms with Gasteiger partial charge in [0.05, 0.1) is 13.2 Å². The fourth-order valence-corrected chi connectivity index (χ4v) is 1.05. The van der Waals surface area contributed by atoms with E-state index >= 15 is 0 Å². The van der Waals surface area contributed by atoms with Crippen LogP contribution in [0.5, 0.6) is 11.5 Å². The standard InChI is InChI=1S/C9H11F2NO2/c1-14-7-4-5(2-3-6(7)13)8(12)9(10)11/h2-4,8-9,13H,12H2,1H3/t8-/m1/s1. The molecule has 1 aromatic carbocycles. The minimum absolute atomic E-state index is 0.0993. The smallest absolute Gasteiger partial charge is 0.257 e. The Bertz CT molecular complexity index is 318. The molecule has 14 heavy (non-hydrogen) atoms. The lowest BCUT2D eigenvalue weighted by molar-refractivity contribution is 0.116. The van der Waals surface area contributed by atoms with Crippen LogP contribution >= 0.6 is 0 Å². The molecule has 1 rings (SSSR count). The summed E-state index contributed by atoms with van der Waals surface area (Å²) in [4.78, 5) is 0. The topological polar surface area (TPSA) is 55.5 Å². The fraction of sp³-hybridized carbons (Fsp3) is 0.333. The second-order valence-electron chi connectivity index (χ2n) is 2.79. The zero-order chi connectivity index (χ0) is 10.7. The summed E-state index contributed by atoms with van der Waals surface area (Å²) in [7, 11) is 1.34. The highest BCUT2D eigenvalue weighted by Gasteiger charge is 2.18. The molecule has 0 saturated heterocycles. The number of benzene rings is 1. The van der Waals surface area contributed by atoms with Crippen LogP contribution in [0.4, 0.5) is 8.78 Å². The molecule has 0 aliphatic carbocycles. The summed E-state index contributed by atoms with van der Waals surface area (Å²) in [6.45, 7) is 0. The third-order valence-electron chi connectivity index (χ3n) is 1.86. The van der Waals surface area contributed by atoms with Crippen LogP contribution in [0, 0.1) is 0 Å². The lowest BCUT2D eigenvalue weighted by atomic mass is 10.1. The molecule has 3 nitrogen and oxygen atoms in total. The molecule has 5 heteroatoms. The first-order valence-corrected chi connectivity index (χ1v) is 3.97. The van der Waals surface area contributed by atoms with Gasteiger partial charge in [-0.1, -0.05) is 6.07 Å². The maximum absolute atomic E-state index is 12.2. The average Bonchev–Trinajstić information content (AvgIpc) is 2.17. The van der Waals surface area contributed by atoms with Gasteiger partial charge in [0.25, 0.3) is 6.43 Å². The van der Waals surface area contributed by atoms with Crippen LogP contribution in [0.2, 0.25) is 0 Å². The lowest BCUT2D eigenvalue weighted by Crippen LogP contribution is -2.18. The van der Waals surface area contributed by atoms with Crippen molar-refractivity contribution in [1.82, 2.24) is 0 Å². The van der Waals surface area contributed by atoms with Crippen molar-refractivity contribution in [1.29, 1.82) is 0 Å². The van der Waals surface area contributed by atoms with Crippen LogP contribution in [-0.2, 0) is 0 Å². The van der Waals surface area contributed by atoms with Gasteiger partial charge in [-0.25, -0.2) is 8.78 Å². The molecule has 0 bridgehead atoms. The number of nitrogens with two attached hydrogens (primary N) is 1. The van der Waals surface area contributed by atoms with Crippen LogP contribution < -0.4 is 10.5 Å². The van der Waals surface area contributed by atoms with Crippen molar-refractivity contribution in [2.75, 3.05) is 7.11 Å². The van der Waals surface area contributed by atoms with E-state index in [-0.39, 0.29) is 17.1 Å². The van der Waals surface area contributed by atoms with Gasteiger partial charge in [0.1, 0.15) is 0 Å². The number of phenols is 1. The molecule has 0 aromatic heterocycles. The Morgan fingerprint density at radius 2 is 2.07 bits per heavy atom. The third kappa shape index (κ3) is 2.11. The first-order valence-electron chi connectivity index (χ1n) is 3.97. The molecule has 0 aliphatic rings. The molecule has 0 aliphatic heterocycles. The number of methoxy groups -OCH3 is 1. The number of phenolic OH excluding ortho intramolecular Hbond substituents is 1. The summed E-state index contributed by atoms with van der Waals surface area (Å²) < 4.78 is 29.2. The van der Waals surface area contributed by atoms with Gasteiger partial charge >= 0.3 is 0 Å². The van der Waals surface area contributed by atoms with Crippen molar-refractivity contribution >= 4 is 0 Å². The molecule has 0 heterocycles. The van der Waals surface area contributed by atoms with Gasteiger partial charge < -0.3 is 15.6 Å². The third-order valence-corrected chi connectivity index (χ3v) is 1.86. The second-order valence-corrected chi connectivity index (χ2v) is 2.79. The minimum Gasteiger partial charge on any atom is -0.504 e. The first kappa shape index (κ1) is 10.7. The summed E-state index contributed by atoms with van der Waals surface area (Å²) in [5, 5.41) is 9.20. The van der Waals surface area contributed by atoms with Crippen LogP contribution in [0.3, 0.4) is 0 Å². The number of aromatic hydroxyl groups is 1. The Balaban J connectivity index is 3.00. The van der Waals surface area contributed by atoms with Gasteiger partial charge in [0.2, 0.25) is 0 Å². The number of alkyl halides is 2. The van der Waals surface area contributed by atoms with Crippen LogP contribution in [0.15, 0.2) is 18.2 Å². The van der Waals surface area contributed by atoms with Crippen molar-refractivity contribution in [2.45, 2.75) is 12.5 Å². The number of hydrogen-bond donors (Lipinski definition) is 2. The summed E-state index contributed by atoms with van der Waals surface area (Å²) in [6.07, 6.45) is -2.63. The average molecular weight is 203 g/mol. The molecule has 0 radical (unpaired) electrons. The monoisotopic (exact) mass is 203 g/mol. The molecule has 78 valence electrons. The Kier molecular flexibility index (Phi) is 3.24. The number of rotatable bonds is 3. The highest BCUT2D eigenvalue weighted by atomic mass is 19.3. The minimum atomic E-state index is -2.63. The van der Waals surface area contributed by atoms with Gasteiger partial charge in [0, 0.05) is 0 Å². The summed E-state index contributed by atoms with van der Waals surface area (Å²) in [5.74, 6) is 0.0383. The van der Waals surface area contributed by atoms with Crippen molar-refractivity contribution in [3.8, 4) is 11.5 Å². The summed E-state index contributed by atoms with van der Waals surface area (Å²) in [5.41, 5.74) is 5.46. The Morgan fingerprint density at radius 1 is 1.43 bits per heavy atom. The molecule has 3 N–H and O–H groups in total. The molecule has 0 spiro atoms. The quantitative estimate of drug-likeness (QED) is 0.785. The van der Waals surface area contributed by atoms with E-state index in [1.54, 1.807) is 0 Å². The van der Waals surface area contributed by atoms with Crippen LogP contribution in [-0.4, -0.2) is 18.6 Å². The molecule has 0 saturated carbocycles. The number of hydrogen-bond acceptors (Lipinski definition) is 3. The fourth-order valence-electron chi connectivity index (χ4n) is 1.05. The number of ether oxygens (including phenoxy) is 1. The van der Waals surface area contributed by atoms with Gasteiger partial charge in [0.15, 0.2) is 11.5 Å². The van der Waals surface area contributed by atoms with E-state index in [4.69, 9.17) is 10.5 Å². The van der Waals surface area contributed by atoms with Gasteiger partial charge in [-0.05, 0) is 17.7 Å². The molecular formula is C9H11F2NO2. The van der Waals surface area contributed by atoms with E-state index in [1.807, 2.05) is 0 Å². The van der Waals surface area contributed by atoms with Crippen molar-refractivity contribution in [3.63, 3.8) is 0 Å². The summed E-state index contributed by atoms with van der Waals surface area (Å²) in [6, 6.07) is 2.56. The molecule has 1 atom stereocenters. The van der Waals surface area contributed by atoms with E-state index in [0.29, 0.717) is 0 Å². The van der Waals surface area contributed by atoms with Crippen molar-refractivity contribution in [3.05, 3.63) is 23.8 Å². The maximum atomic E-state index is 12.2. The first-order chi connectivity index (χ1) is 6.56. The van der Waals surface area contributed by atoms with Gasteiger partial charge in [-0.3, -0.25) is 0 Å². The highest BCUT2D eigenvalue weighted by molar-refractivity contribution is 5.42. The highest BCUT2D eigenvalue weighted by Crippen LogP contribution is 2.29. The SMILES string of the molecule is COc1cc([C@@H](N)C(F)F)ccc1O. The largest absolute Gasteiger partial charge is 0.504 e. The van der Waals surface area contributed by atoms with E-state index in [9.17, 15) is 13.9 Å². The van der Waals surface area contributed by atoms with Crippen LogP contribution in [0.25, 0.3) is 0 Å². The van der Waals surface area contributed by atoms with E-state index in [0.717, 1.165) is 0 Å². The normalized spacial score (nSPS) is 12.9. The molecular weight excluding hydrogens is 192 g/mol. The lowest BCUT2D eigenvalue weighted by Gasteiger charge is -2.12. The van der Waals surface area contributed by atoms with Gasteiger partial charge in [-0.2, -0.15) is 0 Å². The molecule has 0 amide bonds. The zero-order valence-corrected chi connectivity index (χ0v) is 7.58. The predicted octanol–water partition coefficient (Wildman–Crippen LogP) is 1.67. The molecule has 0 unspecified atom stereocenters. The maximum Gasteiger partial charge on any atom is 0.257 e. The molecule has 1 aromatic rings. The summed E-state index contributed by atoms with van der Waals surface area (Å²) >= 11 is 0. The van der Waals surface area contributed by atoms with Crippen molar-refractivity contribution < 1.29 is 18.6 Å². The zero-order valence-electron chi connectivity index (χ0n) is 7.58. The predicted molar refractivity (Wildman–Crippen MR) is 47.6 cm³/mol. The van der Waals surface area contributed by atoms with Crippen LogP contribution in [0.1, 0.15) is 11.6 Å². The Hall–Kier alpha value is -1.36. The van der Waals surface area contributed by atoms with E-state index < -0.39 is 12.5 Å². The number of halogens is 2. The Morgan fingerprint density at radius 3 is 2.57 bits per heavy atom. The second kappa shape index (κ2) is 4.23.